The van der Waals surface area contributed by atoms with E-state index in [2.05, 4.69) is 41.7 Å². The van der Waals surface area contributed by atoms with E-state index in [1.807, 2.05) is 42.5 Å². The van der Waals surface area contributed by atoms with E-state index in [0.717, 1.165) is 11.4 Å². The van der Waals surface area contributed by atoms with Crippen LogP contribution in [0.2, 0.25) is 0 Å². The Morgan fingerprint density at radius 1 is 0.893 bits per heavy atom. The minimum Gasteiger partial charge on any atom is -0.324 e. The van der Waals surface area contributed by atoms with Gasteiger partial charge < -0.3 is 11.1 Å². The molecule has 1 aliphatic carbocycles. The van der Waals surface area contributed by atoms with E-state index in [9.17, 15) is 4.79 Å². The fourth-order valence-corrected chi connectivity index (χ4v) is 4.29. The smallest absolute Gasteiger partial charge is 0.245 e. The van der Waals surface area contributed by atoms with Crippen LogP contribution < -0.4 is 11.1 Å². The highest BCUT2D eigenvalue weighted by atomic mass is 35.5. The molecule has 4 rings (SSSR count). The third-order valence-corrected chi connectivity index (χ3v) is 6.03. The second kappa shape index (κ2) is 8.82. The number of halogens is 1. The molecule has 3 aromatic carbocycles. The topological polar surface area (TPSA) is 55.1 Å². The minimum atomic E-state index is -0.871. The van der Waals surface area contributed by atoms with Gasteiger partial charge in [-0.05, 0) is 53.8 Å². The van der Waals surface area contributed by atoms with Gasteiger partial charge >= 0.3 is 0 Å². The molecule has 0 saturated heterocycles. The normalized spacial score (nSPS) is 14.0. The number of benzene rings is 3. The monoisotopic (exact) mass is 410 g/mol. The van der Waals surface area contributed by atoms with Crippen molar-refractivity contribution in [2.75, 3.05) is 5.32 Å². The highest BCUT2D eigenvalue weighted by Gasteiger charge is 2.40. The molecule has 3 aromatic rings. The number of carbonyl (C=O) groups is 1. The van der Waals surface area contributed by atoms with Gasteiger partial charge in [0.15, 0.2) is 0 Å². The Balaban J connectivity index is 0.00000225. The predicted octanol–water partition coefficient (Wildman–Crippen LogP) is 4.84. The Kier molecular flexibility index (Phi) is 6.45. The highest BCUT2D eigenvalue weighted by molar-refractivity contribution is 7.98. The lowest BCUT2D eigenvalue weighted by Crippen LogP contribution is -2.52. The van der Waals surface area contributed by atoms with Crippen molar-refractivity contribution < 1.29 is 4.79 Å². The number of rotatable bonds is 5. The van der Waals surface area contributed by atoms with E-state index in [-0.39, 0.29) is 18.3 Å². The zero-order chi connectivity index (χ0) is 18.7. The van der Waals surface area contributed by atoms with Crippen molar-refractivity contribution in [2.45, 2.75) is 29.0 Å². The van der Waals surface area contributed by atoms with Crippen LogP contribution in [-0.4, -0.2) is 11.4 Å². The van der Waals surface area contributed by atoms with Gasteiger partial charge in [-0.2, -0.15) is 0 Å². The fourth-order valence-electron chi connectivity index (χ4n) is 3.44. The maximum atomic E-state index is 12.8. The number of hydrogen-bond acceptors (Lipinski definition) is 3. The van der Waals surface area contributed by atoms with Crippen LogP contribution in [0.5, 0.6) is 0 Å². The summed E-state index contributed by atoms with van der Waals surface area (Å²) in [7, 11) is 0. The summed E-state index contributed by atoms with van der Waals surface area (Å²) in [5.74, 6) is 0.805. The third-order valence-electron chi connectivity index (χ3n) is 4.94. The molecule has 28 heavy (non-hydrogen) atoms. The Hall–Kier alpha value is -2.27. The first-order valence-electron chi connectivity index (χ1n) is 9.06. The molecule has 1 amide bonds. The van der Waals surface area contributed by atoms with Crippen LogP contribution in [0.3, 0.4) is 0 Å². The lowest BCUT2D eigenvalue weighted by atomic mass is 9.96. The number of nitrogens with one attached hydrogen (secondary N) is 1. The van der Waals surface area contributed by atoms with Crippen molar-refractivity contribution in [3.63, 3.8) is 0 Å². The van der Waals surface area contributed by atoms with Gasteiger partial charge in [-0.25, -0.2) is 0 Å². The fraction of sp³-hybridized carbons (Fsp3) is 0.174. The molecule has 5 heteroatoms. The second-order valence-electron chi connectivity index (χ2n) is 7.03. The Bertz CT molecular complexity index is 919. The van der Waals surface area contributed by atoms with E-state index < -0.39 is 5.54 Å². The van der Waals surface area contributed by atoms with Crippen LogP contribution in [0, 0.1) is 0 Å². The van der Waals surface area contributed by atoms with Crippen LogP contribution in [-0.2, 0) is 23.4 Å². The molecule has 0 unspecified atom stereocenters. The molecule has 1 aliphatic rings. The summed E-state index contributed by atoms with van der Waals surface area (Å²) in [5.41, 5.74) is 9.97. The van der Waals surface area contributed by atoms with Crippen molar-refractivity contribution >= 4 is 35.8 Å². The molecule has 0 fully saturated rings. The van der Waals surface area contributed by atoms with Gasteiger partial charge in [0, 0.05) is 16.3 Å². The van der Waals surface area contributed by atoms with Gasteiger partial charge in [-0.3, -0.25) is 4.79 Å². The standard InChI is InChI=1S/C23H22N2OS.ClH/c24-23(14-18-8-4-5-9-19(18)15-23)22(26)25-20-10-12-21(13-11-20)27-16-17-6-2-1-3-7-17;/h1-13H,14-16,24H2,(H,25,26);1H. The molecule has 3 N–H and O–H groups in total. The van der Waals surface area contributed by atoms with Crippen molar-refractivity contribution in [3.8, 4) is 0 Å². The van der Waals surface area contributed by atoms with Gasteiger partial charge in [0.1, 0.15) is 5.54 Å². The number of hydrogen-bond donors (Lipinski definition) is 2. The lowest BCUT2D eigenvalue weighted by molar-refractivity contribution is -0.120. The molecular weight excluding hydrogens is 388 g/mol. The van der Waals surface area contributed by atoms with Crippen molar-refractivity contribution in [1.29, 1.82) is 0 Å². The second-order valence-corrected chi connectivity index (χ2v) is 8.08. The third kappa shape index (κ3) is 4.58. The molecule has 3 nitrogen and oxygen atoms in total. The largest absolute Gasteiger partial charge is 0.324 e. The summed E-state index contributed by atoms with van der Waals surface area (Å²) in [6.45, 7) is 0. The van der Waals surface area contributed by atoms with Gasteiger partial charge in [0.2, 0.25) is 5.91 Å². The molecule has 0 spiro atoms. The van der Waals surface area contributed by atoms with Crippen LogP contribution in [0.15, 0.2) is 83.8 Å². The zero-order valence-electron chi connectivity index (χ0n) is 15.4. The first-order valence-corrected chi connectivity index (χ1v) is 10.0. The number of fused-ring (bicyclic) bond motifs is 1. The minimum absolute atomic E-state index is 0. The van der Waals surface area contributed by atoms with E-state index in [0.29, 0.717) is 12.8 Å². The van der Waals surface area contributed by atoms with Crippen molar-refractivity contribution in [2.24, 2.45) is 5.73 Å². The Morgan fingerprint density at radius 2 is 1.46 bits per heavy atom. The predicted molar refractivity (Wildman–Crippen MR) is 119 cm³/mol. The summed E-state index contributed by atoms with van der Waals surface area (Å²) in [5, 5.41) is 2.99. The maximum absolute atomic E-state index is 12.8. The van der Waals surface area contributed by atoms with Gasteiger partial charge in [0.25, 0.3) is 0 Å². The molecular formula is C23H23ClN2OS. The van der Waals surface area contributed by atoms with Crippen LogP contribution in [0.25, 0.3) is 0 Å². The molecule has 0 aliphatic heterocycles. The molecule has 0 aromatic heterocycles. The average molecular weight is 411 g/mol. The zero-order valence-corrected chi connectivity index (χ0v) is 17.1. The molecule has 0 heterocycles. The summed E-state index contributed by atoms with van der Waals surface area (Å²) in [6.07, 6.45) is 1.17. The number of anilines is 1. The lowest BCUT2D eigenvalue weighted by Gasteiger charge is -2.22. The Morgan fingerprint density at radius 3 is 2.07 bits per heavy atom. The van der Waals surface area contributed by atoms with Gasteiger partial charge in [0.05, 0.1) is 0 Å². The average Bonchev–Trinajstić information content (AvgIpc) is 3.06. The van der Waals surface area contributed by atoms with Crippen LogP contribution in [0.1, 0.15) is 16.7 Å². The number of nitrogens with two attached hydrogens (primary N) is 1. The maximum Gasteiger partial charge on any atom is 0.245 e. The van der Waals surface area contributed by atoms with E-state index in [4.69, 9.17) is 5.73 Å². The van der Waals surface area contributed by atoms with E-state index in [1.54, 1.807) is 11.8 Å². The first-order chi connectivity index (χ1) is 13.1. The molecule has 0 atom stereocenters. The van der Waals surface area contributed by atoms with Crippen molar-refractivity contribution in [3.05, 3.63) is 95.6 Å². The summed E-state index contributed by atoms with van der Waals surface area (Å²) in [6, 6.07) is 26.4. The molecule has 0 bridgehead atoms. The van der Waals surface area contributed by atoms with Crippen LogP contribution >= 0.6 is 24.2 Å². The molecule has 0 radical (unpaired) electrons. The van der Waals surface area contributed by atoms with E-state index in [1.165, 1.54) is 21.6 Å². The number of amides is 1. The highest BCUT2D eigenvalue weighted by Crippen LogP contribution is 2.30. The number of thioether (sulfide) groups is 1. The van der Waals surface area contributed by atoms with Crippen LogP contribution in [0.4, 0.5) is 5.69 Å². The Labute approximate surface area is 176 Å². The van der Waals surface area contributed by atoms with Gasteiger partial charge in [-0.15, -0.1) is 24.2 Å². The van der Waals surface area contributed by atoms with E-state index >= 15 is 0 Å². The van der Waals surface area contributed by atoms with Gasteiger partial charge in [-0.1, -0.05) is 54.6 Å². The first kappa shape index (κ1) is 20.5. The summed E-state index contributed by atoms with van der Waals surface area (Å²) >= 11 is 1.78. The summed E-state index contributed by atoms with van der Waals surface area (Å²) < 4.78 is 0. The molecule has 0 saturated carbocycles. The quantitative estimate of drug-likeness (QED) is 0.592. The summed E-state index contributed by atoms with van der Waals surface area (Å²) in [4.78, 5) is 13.9. The molecule has 144 valence electrons. The van der Waals surface area contributed by atoms with Crippen molar-refractivity contribution in [1.82, 2.24) is 0 Å². The SMILES string of the molecule is Cl.NC1(C(=O)Nc2ccc(SCc3ccccc3)cc2)Cc2ccccc2C1. The number of carbonyl (C=O) groups excluding carboxylic acids is 1.